The summed E-state index contributed by atoms with van der Waals surface area (Å²) in [5, 5.41) is 11.1. The van der Waals surface area contributed by atoms with Crippen molar-refractivity contribution < 1.29 is 13.3 Å². The lowest BCUT2D eigenvalue weighted by Gasteiger charge is -2.19. The van der Waals surface area contributed by atoms with E-state index in [1.54, 1.807) is 11.8 Å². The quantitative estimate of drug-likeness (QED) is 0.511. The second-order valence-electron chi connectivity index (χ2n) is 4.32. The fourth-order valence-electron chi connectivity index (χ4n) is 2.05. The maximum absolute atomic E-state index is 12.6. The van der Waals surface area contributed by atoms with Crippen molar-refractivity contribution in [2.24, 2.45) is 0 Å². The van der Waals surface area contributed by atoms with Crippen molar-refractivity contribution in [3.63, 3.8) is 0 Å². The lowest BCUT2D eigenvalue weighted by Crippen LogP contribution is -2.33. The molecule has 0 saturated carbocycles. The van der Waals surface area contributed by atoms with Crippen molar-refractivity contribution in [2.75, 3.05) is 30.3 Å². The predicted molar refractivity (Wildman–Crippen MR) is 78.2 cm³/mol. The first-order chi connectivity index (χ1) is 9.44. The molecule has 1 aliphatic rings. The Morgan fingerprint density at radius 1 is 1.30 bits per heavy atom. The number of anilines is 1. The number of hydrogen-bond donors (Lipinski definition) is 1. The average Bonchev–Trinajstić information content (AvgIpc) is 2.67. The molecule has 0 radical (unpaired) electrons. The topological polar surface area (TPSA) is 107 Å². The van der Waals surface area contributed by atoms with Gasteiger partial charge in [-0.25, -0.2) is 8.42 Å². The third kappa shape index (κ3) is 2.89. The zero-order valence-corrected chi connectivity index (χ0v) is 12.3. The number of nitro benzene ring substituents is 1. The van der Waals surface area contributed by atoms with Gasteiger partial charge in [-0.15, -0.1) is 0 Å². The number of rotatable bonds is 3. The molecule has 0 amide bonds. The molecular weight excluding hydrogens is 302 g/mol. The van der Waals surface area contributed by atoms with Gasteiger partial charge in [-0.2, -0.15) is 16.1 Å². The highest BCUT2D eigenvalue weighted by Crippen LogP contribution is 2.32. The second kappa shape index (κ2) is 5.98. The molecule has 1 aliphatic heterocycles. The van der Waals surface area contributed by atoms with Gasteiger partial charge >= 0.3 is 5.69 Å². The molecule has 1 heterocycles. The van der Waals surface area contributed by atoms with E-state index in [2.05, 4.69) is 0 Å². The number of nitrogens with zero attached hydrogens (tertiary/aromatic N) is 2. The third-order valence-electron chi connectivity index (χ3n) is 3.01. The summed E-state index contributed by atoms with van der Waals surface area (Å²) in [4.78, 5) is 10.0. The van der Waals surface area contributed by atoms with Gasteiger partial charge in [-0.1, -0.05) is 6.07 Å². The fourth-order valence-corrected chi connectivity index (χ4v) is 4.71. The first-order valence-electron chi connectivity index (χ1n) is 6.05. The van der Waals surface area contributed by atoms with Gasteiger partial charge in [-0.3, -0.25) is 10.1 Å². The molecule has 9 heteroatoms. The Morgan fingerprint density at radius 3 is 2.75 bits per heavy atom. The summed E-state index contributed by atoms with van der Waals surface area (Å²) in [6.45, 7) is 0.736. The fraction of sp³-hybridized carbons (Fsp3) is 0.455. The van der Waals surface area contributed by atoms with Crippen molar-refractivity contribution in [3.8, 4) is 0 Å². The van der Waals surface area contributed by atoms with E-state index in [0.717, 1.165) is 12.2 Å². The van der Waals surface area contributed by atoms with E-state index >= 15 is 0 Å². The number of thioether (sulfide) groups is 1. The van der Waals surface area contributed by atoms with Crippen molar-refractivity contribution in [3.05, 3.63) is 28.3 Å². The molecule has 7 nitrogen and oxygen atoms in total. The first kappa shape index (κ1) is 15.1. The van der Waals surface area contributed by atoms with E-state index in [4.69, 9.17) is 5.73 Å². The standard InChI is InChI=1S/C11H15N3O4S2/c12-9-3-1-4-10(11(9)14(15)16)20(17,18)13-5-2-7-19-8-6-13/h1,3-4H,2,5-8,12H2. The molecule has 1 fully saturated rings. The molecule has 20 heavy (non-hydrogen) atoms. The Balaban J connectivity index is 2.48. The number of hydrogen-bond acceptors (Lipinski definition) is 6. The molecule has 0 unspecified atom stereocenters. The van der Waals surface area contributed by atoms with E-state index in [9.17, 15) is 18.5 Å². The van der Waals surface area contributed by atoms with Crippen LogP contribution < -0.4 is 5.73 Å². The van der Waals surface area contributed by atoms with Crippen LogP contribution in [-0.4, -0.2) is 42.2 Å². The molecule has 0 aliphatic carbocycles. The van der Waals surface area contributed by atoms with Gasteiger partial charge in [0.25, 0.3) is 0 Å². The largest absolute Gasteiger partial charge is 0.393 e. The summed E-state index contributed by atoms with van der Waals surface area (Å²) in [6.07, 6.45) is 0.736. The number of benzene rings is 1. The zero-order chi connectivity index (χ0) is 14.8. The van der Waals surface area contributed by atoms with Crippen LogP contribution in [-0.2, 0) is 10.0 Å². The van der Waals surface area contributed by atoms with E-state index in [0.29, 0.717) is 18.8 Å². The number of nitrogen functional groups attached to an aromatic ring is 1. The molecule has 2 N–H and O–H groups in total. The lowest BCUT2D eigenvalue weighted by atomic mass is 10.3. The summed E-state index contributed by atoms with van der Waals surface area (Å²) in [5.41, 5.74) is 4.87. The Bertz CT molecular complexity index is 610. The van der Waals surface area contributed by atoms with Gasteiger partial charge in [0.15, 0.2) is 4.90 Å². The van der Waals surface area contributed by atoms with Crippen molar-refractivity contribution in [1.29, 1.82) is 0 Å². The third-order valence-corrected chi connectivity index (χ3v) is 5.99. The minimum atomic E-state index is -3.89. The second-order valence-corrected chi connectivity index (χ2v) is 7.45. The highest BCUT2D eigenvalue weighted by molar-refractivity contribution is 7.99. The van der Waals surface area contributed by atoms with Crippen molar-refractivity contribution in [1.82, 2.24) is 4.31 Å². The molecular formula is C11H15N3O4S2. The van der Waals surface area contributed by atoms with E-state index in [1.165, 1.54) is 22.5 Å². The molecule has 1 saturated heterocycles. The van der Waals surface area contributed by atoms with Gasteiger partial charge in [-0.05, 0) is 24.3 Å². The number of nitro groups is 1. The minimum Gasteiger partial charge on any atom is -0.393 e. The van der Waals surface area contributed by atoms with Crippen LogP contribution in [0.5, 0.6) is 0 Å². The molecule has 0 atom stereocenters. The van der Waals surface area contributed by atoms with Gasteiger partial charge in [0, 0.05) is 18.8 Å². The highest BCUT2D eigenvalue weighted by Gasteiger charge is 2.33. The summed E-state index contributed by atoms with van der Waals surface area (Å²) in [7, 11) is -3.89. The van der Waals surface area contributed by atoms with Crippen molar-refractivity contribution >= 4 is 33.2 Å². The normalized spacial score (nSPS) is 17.6. The molecule has 2 rings (SSSR count). The summed E-state index contributed by atoms with van der Waals surface area (Å²) < 4.78 is 26.4. The Morgan fingerprint density at radius 2 is 2.05 bits per heavy atom. The maximum atomic E-state index is 12.6. The summed E-state index contributed by atoms with van der Waals surface area (Å²) >= 11 is 1.68. The van der Waals surface area contributed by atoms with Crippen LogP contribution in [0.4, 0.5) is 11.4 Å². The molecule has 1 aromatic carbocycles. The van der Waals surface area contributed by atoms with Crippen LogP contribution in [0.2, 0.25) is 0 Å². The first-order valence-corrected chi connectivity index (χ1v) is 8.65. The number of para-hydroxylation sites is 1. The van der Waals surface area contributed by atoms with Crippen LogP contribution in [0.3, 0.4) is 0 Å². The molecule has 0 spiro atoms. The molecule has 0 aromatic heterocycles. The molecule has 1 aromatic rings. The van der Waals surface area contributed by atoms with Gasteiger partial charge in [0.05, 0.1) is 4.92 Å². The van der Waals surface area contributed by atoms with Crippen molar-refractivity contribution in [2.45, 2.75) is 11.3 Å². The Hall–Kier alpha value is -1.32. The van der Waals surface area contributed by atoms with Crippen LogP contribution in [0.15, 0.2) is 23.1 Å². The van der Waals surface area contributed by atoms with E-state index in [1.807, 2.05) is 0 Å². The minimum absolute atomic E-state index is 0.139. The van der Waals surface area contributed by atoms with E-state index in [-0.39, 0.29) is 10.6 Å². The van der Waals surface area contributed by atoms with Gasteiger partial charge in [0.2, 0.25) is 10.0 Å². The Kier molecular flexibility index (Phi) is 4.51. The van der Waals surface area contributed by atoms with Crippen LogP contribution >= 0.6 is 11.8 Å². The van der Waals surface area contributed by atoms with Crippen LogP contribution in [0.25, 0.3) is 0 Å². The summed E-state index contributed by atoms with van der Waals surface area (Å²) in [6, 6.07) is 3.99. The molecule has 110 valence electrons. The highest BCUT2D eigenvalue weighted by atomic mass is 32.2. The SMILES string of the molecule is Nc1cccc(S(=O)(=O)N2CCCSCC2)c1[N+](=O)[O-]. The Labute approximate surface area is 121 Å². The predicted octanol–water partition coefficient (Wildman–Crippen LogP) is 1.30. The number of sulfonamides is 1. The van der Waals surface area contributed by atoms with Gasteiger partial charge in [0.1, 0.15) is 5.69 Å². The number of nitrogens with two attached hydrogens (primary N) is 1. The average molecular weight is 317 g/mol. The monoisotopic (exact) mass is 317 g/mol. The van der Waals surface area contributed by atoms with Crippen LogP contribution in [0, 0.1) is 10.1 Å². The van der Waals surface area contributed by atoms with E-state index < -0.39 is 20.6 Å². The summed E-state index contributed by atoms with van der Waals surface area (Å²) in [5.74, 6) is 1.58. The molecule has 0 bridgehead atoms. The van der Waals surface area contributed by atoms with Crippen LogP contribution in [0.1, 0.15) is 6.42 Å². The lowest BCUT2D eigenvalue weighted by molar-refractivity contribution is -0.386. The smallest absolute Gasteiger partial charge is 0.312 e. The maximum Gasteiger partial charge on any atom is 0.312 e. The van der Waals surface area contributed by atoms with Gasteiger partial charge < -0.3 is 5.73 Å². The zero-order valence-electron chi connectivity index (χ0n) is 10.7.